The summed E-state index contributed by atoms with van der Waals surface area (Å²) in [5, 5.41) is 7.79. The minimum absolute atomic E-state index is 0.127. The van der Waals surface area contributed by atoms with Crippen LogP contribution in [0.25, 0.3) is 0 Å². The van der Waals surface area contributed by atoms with E-state index in [1.807, 2.05) is 13.8 Å². The van der Waals surface area contributed by atoms with Gasteiger partial charge in [0.25, 0.3) is 5.56 Å². The summed E-state index contributed by atoms with van der Waals surface area (Å²) in [6.07, 6.45) is 1.58. The van der Waals surface area contributed by atoms with Crippen molar-refractivity contribution in [3.8, 4) is 0 Å². The van der Waals surface area contributed by atoms with Gasteiger partial charge in [-0.25, -0.2) is 4.68 Å². The molecule has 0 spiro atoms. The first-order chi connectivity index (χ1) is 7.18. The first-order valence-electron chi connectivity index (χ1n) is 4.62. The summed E-state index contributed by atoms with van der Waals surface area (Å²) in [6, 6.07) is 3.09. The second kappa shape index (κ2) is 3.68. The quantitative estimate of drug-likeness (QED) is 0.730. The van der Waals surface area contributed by atoms with E-state index in [4.69, 9.17) is 4.52 Å². The van der Waals surface area contributed by atoms with Gasteiger partial charge in [-0.1, -0.05) is 5.16 Å². The summed E-state index contributed by atoms with van der Waals surface area (Å²) in [6.45, 7) is 4.07. The van der Waals surface area contributed by atoms with Gasteiger partial charge >= 0.3 is 0 Å². The normalized spacial score (nSPS) is 10.5. The molecule has 0 bridgehead atoms. The highest BCUT2D eigenvalue weighted by Crippen LogP contribution is 2.12. The van der Waals surface area contributed by atoms with Gasteiger partial charge in [0, 0.05) is 17.8 Å². The van der Waals surface area contributed by atoms with Crippen LogP contribution in [0.5, 0.6) is 0 Å². The van der Waals surface area contributed by atoms with E-state index in [-0.39, 0.29) is 5.56 Å². The Morgan fingerprint density at radius 2 is 2.27 bits per heavy atom. The predicted octanol–water partition coefficient (Wildman–Crippen LogP) is 0.896. The number of aryl methyl sites for hydroxylation is 2. The molecule has 2 aromatic heterocycles. The first kappa shape index (κ1) is 9.64. The van der Waals surface area contributed by atoms with Crippen LogP contribution in [-0.4, -0.2) is 14.9 Å². The van der Waals surface area contributed by atoms with Crippen molar-refractivity contribution in [2.45, 2.75) is 20.4 Å². The van der Waals surface area contributed by atoms with Crippen LogP contribution < -0.4 is 5.56 Å². The maximum atomic E-state index is 11.4. The van der Waals surface area contributed by atoms with E-state index < -0.39 is 0 Å². The van der Waals surface area contributed by atoms with E-state index >= 15 is 0 Å². The maximum Gasteiger partial charge on any atom is 0.267 e. The van der Waals surface area contributed by atoms with Gasteiger partial charge in [-0.2, -0.15) is 5.10 Å². The molecule has 15 heavy (non-hydrogen) atoms. The fraction of sp³-hybridized carbons (Fsp3) is 0.300. The molecule has 2 aromatic rings. The lowest BCUT2D eigenvalue weighted by Crippen LogP contribution is -2.22. The van der Waals surface area contributed by atoms with E-state index in [2.05, 4.69) is 10.3 Å². The number of nitrogens with zero attached hydrogens (tertiary/aromatic N) is 3. The molecular weight excluding hydrogens is 194 g/mol. The predicted molar refractivity (Wildman–Crippen MR) is 53.6 cm³/mol. The number of rotatable bonds is 2. The van der Waals surface area contributed by atoms with Gasteiger partial charge < -0.3 is 4.52 Å². The molecule has 2 rings (SSSR count). The Morgan fingerprint density at radius 3 is 2.87 bits per heavy atom. The number of aromatic nitrogens is 3. The molecule has 0 aromatic carbocycles. The third kappa shape index (κ3) is 1.81. The van der Waals surface area contributed by atoms with Gasteiger partial charge in [0.1, 0.15) is 5.76 Å². The lowest BCUT2D eigenvalue weighted by molar-refractivity contribution is 0.391. The van der Waals surface area contributed by atoms with Crippen molar-refractivity contribution in [3.63, 3.8) is 0 Å². The van der Waals surface area contributed by atoms with Crippen molar-refractivity contribution >= 4 is 0 Å². The summed E-state index contributed by atoms with van der Waals surface area (Å²) in [4.78, 5) is 11.4. The van der Waals surface area contributed by atoms with Crippen LogP contribution in [0.3, 0.4) is 0 Å². The maximum absolute atomic E-state index is 11.4. The van der Waals surface area contributed by atoms with Gasteiger partial charge in [0.2, 0.25) is 0 Å². The molecule has 0 aliphatic heterocycles. The van der Waals surface area contributed by atoms with Crippen LogP contribution in [0.15, 0.2) is 27.6 Å². The lowest BCUT2D eigenvalue weighted by atomic mass is 10.2. The van der Waals surface area contributed by atoms with Gasteiger partial charge in [-0.15, -0.1) is 0 Å². The SMILES string of the molecule is Cc1noc(C)c1Cn1ncccc1=O. The fourth-order valence-electron chi connectivity index (χ4n) is 1.38. The molecule has 0 unspecified atom stereocenters. The molecule has 78 valence electrons. The van der Waals surface area contributed by atoms with Gasteiger partial charge in [0.05, 0.1) is 12.2 Å². The van der Waals surface area contributed by atoms with Crippen LogP contribution in [0.1, 0.15) is 17.0 Å². The van der Waals surface area contributed by atoms with Crippen molar-refractivity contribution in [3.05, 3.63) is 45.7 Å². The standard InChI is InChI=1S/C10H11N3O2/c1-7-9(8(2)15-12-7)6-13-10(14)4-3-5-11-13/h3-5H,6H2,1-2H3. The van der Waals surface area contributed by atoms with Gasteiger partial charge in [0.15, 0.2) is 0 Å². The van der Waals surface area contributed by atoms with Crippen LogP contribution in [0.2, 0.25) is 0 Å². The van der Waals surface area contributed by atoms with Crippen molar-refractivity contribution in [1.29, 1.82) is 0 Å². The summed E-state index contributed by atoms with van der Waals surface area (Å²) < 4.78 is 6.40. The topological polar surface area (TPSA) is 60.9 Å². The third-order valence-corrected chi connectivity index (χ3v) is 2.27. The molecule has 0 saturated heterocycles. The summed E-state index contributed by atoms with van der Waals surface area (Å²) >= 11 is 0. The molecule has 0 fully saturated rings. The van der Waals surface area contributed by atoms with Crippen LogP contribution in [-0.2, 0) is 6.54 Å². The van der Waals surface area contributed by atoms with Crippen LogP contribution >= 0.6 is 0 Å². The summed E-state index contributed by atoms with van der Waals surface area (Å²) in [7, 11) is 0. The Labute approximate surface area is 86.3 Å². The molecule has 0 aliphatic rings. The Balaban J connectivity index is 2.38. The highest BCUT2D eigenvalue weighted by Gasteiger charge is 2.10. The van der Waals surface area contributed by atoms with Crippen molar-refractivity contribution in [2.75, 3.05) is 0 Å². The molecule has 5 nitrogen and oxygen atoms in total. The van der Waals surface area contributed by atoms with Gasteiger partial charge in [-0.3, -0.25) is 4.79 Å². The summed E-state index contributed by atoms with van der Waals surface area (Å²) in [5.41, 5.74) is 1.58. The Hall–Kier alpha value is -1.91. The van der Waals surface area contributed by atoms with E-state index in [9.17, 15) is 4.79 Å². The second-order valence-electron chi connectivity index (χ2n) is 3.32. The molecule has 0 radical (unpaired) electrons. The van der Waals surface area contributed by atoms with E-state index in [1.54, 1.807) is 12.3 Å². The zero-order valence-corrected chi connectivity index (χ0v) is 8.60. The molecule has 0 N–H and O–H groups in total. The minimum Gasteiger partial charge on any atom is -0.361 e. The molecular formula is C10H11N3O2. The van der Waals surface area contributed by atoms with Crippen molar-refractivity contribution in [1.82, 2.24) is 14.9 Å². The summed E-state index contributed by atoms with van der Waals surface area (Å²) in [5.74, 6) is 0.727. The average molecular weight is 205 g/mol. The Morgan fingerprint density at radius 1 is 1.47 bits per heavy atom. The molecule has 0 atom stereocenters. The van der Waals surface area contributed by atoms with E-state index in [1.165, 1.54) is 10.7 Å². The van der Waals surface area contributed by atoms with E-state index in [0.29, 0.717) is 6.54 Å². The number of hydrogen-bond donors (Lipinski definition) is 0. The van der Waals surface area contributed by atoms with Crippen molar-refractivity contribution < 1.29 is 4.52 Å². The molecule has 0 saturated carbocycles. The second-order valence-corrected chi connectivity index (χ2v) is 3.32. The molecule has 0 amide bonds. The highest BCUT2D eigenvalue weighted by atomic mass is 16.5. The fourth-order valence-corrected chi connectivity index (χ4v) is 1.38. The largest absolute Gasteiger partial charge is 0.361 e. The van der Waals surface area contributed by atoms with Crippen LogP contribution in [0.4, 0.5) is 0 Å². The zero-order valence-electron chi connectivity index (χ0n) is 8.60. The van der Waals surface area contributed by atoms with Gasteiger partial charge in [-0.05, 0) is 19.9 Å². The Kier molecular flexibility index (Phi) is 2.37. The number of hydrogen-bond acceptors (Lipinski definition) is 4. The highest BCUT2D eigenvalue weighted by molar-refractivity contribution is 5.20. The minimum atomic E-state index is -0.127. The van der Waals surface area contributed by atoms with Crippen LogP contribution in [0, 0.1) is 13.8 Å². The Bertz CT molecular complexity index is 508. The average Bonchev–Trinajstić information content (AvgIpc) is 2.53. The molecule has 0 aliphatic carbocycles. The zero-order chi connectivity index (χ0) is 10.8. The third-order valence-electron chi connectivity index (χ3n) is 2.27. The van der Waals surface area contributed by atoms with E-state index in [0.717, 1.165) is 17.0 Å². The lowest BCUT2D eigenvalue weighted by Gasteiger charge is -2.01. The smallest absolute Gasteiger partial charge is 0.267 e. The monoisotopic (exact) mass is 205 g/mol. The molecule has 2 heterocycles. The molecule has 5 heteroatoms. The first-order valence-corrected chi connectivity index (χ1v) is 4.62. The van der Waals surface area contributed by atoms with Crippen molar-refractivity contribution in [2.24, 2.45) is 0 Å².